The summed E-state index contributed by atoms with van der Waals surface area (Å²) < 4.78 is 51.2. The fourth-order valence-electron chi connectivity index (χ4n) is 3.68. The average Bonchev–Trinajstić information content (AvgIpc) is 2.75. The van der Waals surface area contributed by atoms with E-state index in [1.807, 2.05) is 0 Å². The highest BCUT2D eigenvalue weighted by Gasteiger charge is 2.48. The van der Waals surface area contributed by atoms with Crippen molar-refractivity contribution in [3.05, 3.63) is 70.3 Å². The van der Waals surface area contributed by atoms with Crippen LogP contribution in [0.5, 0.6) is 0 Å². The van der Waals surface area contributed by atoms with Crippen molar-refractivity contribution in [1.29, 1.82) is 0 Å². The highest BCUT2D eigenvalue weighted by molar-refractivity contribution is 5.26. The highest BCUT2D eigenvalue weighted by Crippen LogP contribution is 2.39. The first-order valence-corrected chi connectivity index (χ1v) is 9.76. The summed E-state index contributed by atoms with van der Waals surface area (Å²) in [5.41, 5.74) is 2.00. The summed E-state index contributed by atoms with van der Waals surface area (Å²) in [6, 6.07) is 9.13. The van der Waals surface area contributed by atoms with Crippen molar-refractivity contribution in [2.24, 2.45) is 0 Å². The maximum Gasteiger partial charge on any atom is 0.184 e. The molecule has 2 aliphatic heterocycles. The zero-order valence-electron chi connectivity index (χ0n) is 16.6. The number of aryl methyl sites for hydroxylation is 2. The lowest BCUT2D eigenvalue weighted by molar-refractivity contribution is -0.373. The van der Waals surface area contributed by atoms with E-state index < -0.39 is 43.6 Å². The van der Waals surface area contributed by atoms with Crippen molar-refractivity contribution in [3.8, 4) is 0 Å². The van der Waals surface area contributed by atoms with Gasteiger partial charge in [-0.05, 0) is 43.2 Å². The predicted molar refractivity (Wildman–Crippen MR) is 101 cm³/mol. The van der Waals surface area contributed by atoms with Gasteiger partial charge in [-0.3, -0.25) is 0 Å². The lowest BCUT2D eigenvalue weighted by Gasteiger charge is -2.47. The van der Waals surface area contributed by atoms with Crippen LogP contribution in [0, 0.1) is 25.5 Å². The van der Waals surface area contributed by atoms with Crippen molar-refractivity contribution >= 4 is 0 Å². The molecule has 0 radical (unpaired) electrons. The number of rotatable bonds is 4. The molecule has 4 rings (SSSR count). The Hall–Kier alpha value is -1.94. The Morgan fingerprint density at radius 2 is 1.67 bits per heavy atom. The van der Waals surface area contributed by atoms with E-state index in [1.165, 1.54) is 18.2 Å². The topological polar surface area (TPSA) is 77.4 Å². The van der Waals surface area contributed by atoms with E-state index in [9.17, 15) is 19.0 Å². The second-order valence-corrected chi connectivity index (χ2v) is 7.64. The fraction of sp³-hybridized carbons (Fsp3) is 0.455. The molecule has 30 heavy (non-hydrogen) atoms. The van der Waals surface area contributed by atoms with Crippen LogP contribution in [0.15, 0.2) is 36.4 Å². The van der Waals surface area contributed by atoms with Gasteiger partial charge in [0, 0.05) is 11.1 Å². The van der Waals surface area contributed by atoms with Gasteiger partial charge in [0.25, 0.3) is 0 Å². The summed E-state index contributed by atoms with van der Waals surface area (Å²) in [7, 11) is 0. The third-order valence-corrected chi connectivity index (χ3v) is 5.45. The van der Waals surface area contributed by atoms with Crippen LogP contribution in [0.1, 0.15) is 34.8 Å². The van der Waals surface area contributed by atoms with Crippen molar-refractivity contribution in [3.63, 3.8) is 0 Å². The van der Waals surface area contributed by atoms with Crippen molar-refractivity contribution < 1.29 is 37.9 Å². The summed E-state index contributed by atoms with van der Waals surface area (Å²) in [5, 5.41) is 19.9. The lowest BCUT2D eigenvalue weighted by atomic mass is 9.99. The Morgan fingerprint density at radius 1 is 0.933 bits per heavy atom. The van der Waals surface area contributed by atoms with Crippen LogP contribution in [0.4, 0.5) is 8.78 Å². The number of hydrogen-bond donors (Lipinski definition) is 2. The van der Waals surface area contributed by atoms with Gasteiger partial charge in [-0.15, -0.1) is 0 Å². The predicted octanol–water partition coefficient (Wildman–Crippen LogP) is 2.83. The maximum atomic E-state index is 14.0. The van der Waals surface area contributed by atoms with Crippen LogP contribution >= 0.6 is 0 Å². The molecule has 2 aromatic rings. The number of aliphatic hydroxyl groups is 2. The van der Waals surface area contributed by atoms with Crippen molar-refractivity contribution in [2.75, 3.05) is 13.2 Å². The molecule has 2 aromatic carbocycles. The lowest BCUT2D eigenvalue weighted by Crippen LogP contribution is -2.58. The van der Waals surface area contributed by atoms with E-state index in [-0.39, 0.29) is 18.2 Å². The summed E-state index contributed by atoms with van der Waals surface area (Å²) in [6.07, 6.45) is -5.28. The molecule has 0 saturated carbocycles. The Bertz CT molecular complexity index is 905. The molecule has 0 bridgehead atoms. The first-order chi connectivity index (χ1) is 14.4. The summed E-state index contributed by atoms with van der Waals surface area (Å²) in [5.74, 6) is -0.728. The van der Waals surface area contributed by atoms with Crippen LogP contribution in [-0.2, 0) is 18.9 Å². The zero-order valence-corrected chi connectivity index (χ0v) is 16.6. The molecular formula is C22H24F2O6. The summed E-state index contributed by atoms with van der Waals surface area (Å²) in [6.45, 7) is 2.85. The fourth-order valence-corrected chi connectivity index (χ4v) is 3.68. The first kappa shape index (κ1) is 21.3. The van der Waals surface area contributed by atoms with E-state index in [4.69, 9.17) is 18.9 Å². The molecular weight excluding hydrogens is 398 g/mol. The molecule has 0 aromatic heterocycles. The van der Waals surface area contributed by atoms with Crippen LogP contribution in [0.2, 0.25) is 0 Å². The molecule has 0 spiro atoms. The molecule has 2 heterocycles. The van der Waals surface area contributed by atoms with E-state index in [0.29, 0.717) is 22.3 Å². The minimum Gasteiger partial charge on any atom is -0.394 e. The van der Waals surface area contributed by atoms with Gasteiger partial charge in [0.05, 0.1) is 13.2 Å². The van der Waals surface area contributed by atoms with Gasteiger partial charge in [-0.2, -0.15) is 0 Å². The van der Waals surface area contributed by atoms with E-state index in [0.717, 1.165) is 0 Å². The molecule has 6 nitrogen and oxygen atoms in total. The van der Waals surface area contributed by atoms with Gasteiger partial charge in [-0.25, -0.2) is 8.78 Å². The second-order valence-electron chi connectivity index (χ2n) is 7.64. The van der Waals surface area contributed by atoms with Crippen molar-refractivity contribution in [2.45, 2.75) is 50.8 Å². The standard InChI is InChI=1S/C22H24F2O6/c1-11-3-4-14(8-16(11)24)21-27-10-18-20(30-21)19(17(26)9-25)29-22(28-18)13-5-6-15(23)12(2)7-13/h3-8,17-22,25-26H,9-10H2,1-2H3. The molecule has 2 aliphatic rings. The normalized spacial score (nSPS) is 30.0. The van der Waals surface area contributed by atoms with Crippen molar-refractivity contribution in [1.82, 2.24) is 0 Å². The Balaban J connectivity index is 1.57. The van der Waals surface area contributed by atoms with Crippen LogP contribution in [0.25, 0.3) is 0 Å². The van der Waals surface area contributed by atoms with Crippen LogP contribution in [0.3, 0.4) is 0 Å². The molecule has 6 atom stereocenters. The van der Waals surface area contributed by atoms with Gasteiger partial charge in [0.2, 0.25) is 0 Å². The smallest absolute Gasteiger partial charge is 0.184 e. The molecule has 8 heteroatoms. The van der Waals surface area contributed by atoms with Crippen LogP contribution < -0.4 is 0 Å². The molecule has 0 aliphatic carbocycles. The Morgan fingerprint density at radius 3 is 2.37 bits per heavy atom. The average molecular weight is 422 g/mol. The Kier molecular flexibility index (Phi) is 6.15. The summed E-state index contributed by atoms with van der Waals surface area (Å²) >= 11 is 0. The third kappa shape index (κ3) is 4.12. The molecule has 6 unspecified atom stereocenters. The first-order valence-electron chi connectivity index (χ1n) is 9.76. The molecule has 2 fully saturated rings. The number of aliphatic hydroxyl groups excluding tert-OH is 2. The van der Waals surface area contributed by atoms with Gasteiger partial charge >= 0.3 is 0 Å². The van der Waals surface area contributed by atoms with Gasteiger partial charge in [-0.1, -0.05) is 18.2 Å². The molecule has 162 valence electrons. The number of hydrogen-bond acceptors (Lipinski definition) is 6. The monoisotopic (exact) mass is 422 g/mol. The minimum atomic E-state index is -1.24. The SMILES string of the molecule is Cc1cc(C2OC3COC(c4ccc(C)c(F)c4)OC3C(C(O)CO)O2)ccc1F. The van der Waals surface area contributed by atoms with E-state index >= 15 is 0 Å². The number of benzene rings is 2. The molecule has 0 amide bonds. The van der Waals surface area contributed by atoms with E-state index in [1.54, 1.807) is 32.0 Å². The maximum absolute atomic E-state index is 14.0. The Labute approximate surface area is 172 Å². The van der Waals surface area contributed by atoms with E-state index in [2.05, 4.69) is 0 Å². The summed E-state index contributed by atoms with van der Waals surface area (Å²) in [4.78, 5) is 0. The largest absolute Gasteiger partial charge is 0.394 e. The molecule has 2 N–H and O–H groups in total. The minimum absolute atomic E-state index is 0.111. The zero-order chi connectivity index (χ0) is 21.4. The second kappa shape index (κ2) is 8.66. The highest BCUT2D eigenvalue weighted by atomic mass is 19.1. The quantitative estimate of drug-likeness (QED) is 0.789. The molecule has 2 saturated heterocycles. The number of ether oxygens (including phenoxy) is 4. The van der Waals surface area contributed by atoms with Crippen LogP contribution in [-0.4, -0.2) is 47.8 Å². The number of fused-ring (bicyclic) bond motifs is 1. The number of halogens is 2. The van der Waals surface area contributed by atoms with Gasteiger partial charge in [0.15, 0.2) is 12.6 Å². The third-order valence-electron chi connectivity index (χ3n) is 5.45. The van der Waals surface area contributed by atoms with Gasteiger partial charge in [0.1, 0.15) is 36.1 Å². The van der Waals surface area contributed by atoms with Gasteiger partial charge < -0.3 is 29.2 Å².